The van der Waals surface area contributed by atoms with Crippen LogP contribution in [-0.2, 0) is 14.8 Å². The van der Waals surface area contributed by atoms with Crippen LogP contribution in [0.5, 0.6) is 5.75 Å². The molecule has 0 radical (unpaired) electrons. The monoisotopic (exact) mass is 494 g/mol. The molecule has 1 atom stereocenters. The molecule has 0 aliphatic heterocycles. The van der Waals surface area contributed by atoms with Gasteiger partial charge in [0.2, 0.25) is 0 Å². The summed E-state index contributed by atoms with van der Waals surface area (Å²) in [6.45, 7) is 12.0. The van der Waals surface area contributed by atoms with Crippen molar-refractivity contribution in [1.29, 1.82) is 0 Å². The normalized spacial score (nSPS) is 12.2. The van der Waals surface area contributed by atoms with E-state index in [-0.39, 0.29) is 30.0 Å². The van der Waals surface area contributed by atoms with Crippen LogP contribution in [-0.4, -0.2) is 27.5 Å². The Kier molecular flexibility index (Phi) is 8.22. The van der Waals surface area contributed by atoms with Crippen molar-refractivity contribution in [1.82, 2.24) is 5.32 Å². The van der Waals surface area contributed by atoms with Crippen LogP contribution in [0.3, 0.4) is 0 Å². The van der Waals surface area contributed by atoms with Gasteiger partial charge in [0.25, 0.3) is 15.9 Å². The fourth-order valence-electron chi connectivity index (χ4n) is 4.00. The smallest absolute Gasteiger partial charge is 0.264 e. The summed E-state index contributed by atoms with van der Waals surface area (Å²) in [4.78, 5) is 12.7. The number of carbonyl (C=O) groups excluding carboxylic acids is 1. The highest BCUT2D eigenvalue weighted by Gasteiger charge is 2.23. The predicted octanol–water partition coefficient (Wildman–Crippen LogP) is 5.39. The largest absolute Gasteiger partial charge is 0.484 e. The fraction of sp³-hybridized carbons (Fsp3) is 0.321. The molecule has 3 aromatic carbocycles. The number of ether oxygens (including phenoxy) is 1. The van der Waals surface area contributed by atoms with Gasteiger partial charge in [-0.2, -0.15) is 0 Å². The molecule has 0 fully saturated rings. The first-order valence-electron chi connectivity index (χ1n) is 11.7. The lowest BCUT2D eigenvalue weighted by atomic mass is 9.96. The minimum atomic E-state index is -3.68. The van der Waals surface area contributed by atoms with E-state index in [0.717, 1.165) is 16.7 Å². The Morgan fingerprint density at radius 3 is 2.11 bits per heavy atom. The van der Waals surface area contributed by atoms with Crippen molar-refractivity contribution in [3.8, 4) is 5.75 Å². The Balaban J connectivity index is 1.63. The first-order valence-corrected chi connectivity index (χ1v) is 13.2. The maximum absolute atomic E-state index is 13.1. The number of anilines is 1. The van der Waals surface area contributed by atoms with Gasteiger partial charge in [-0.3, -0.25) is 9.10 Å². The van der Waals surface area contributed by atoms with Crippen LogP contribution in [0.1, 0.15) is 47.7 Å². The number of carbonyl (C=O) groups is 1. The van der Waals surface area contributed by atoms with Crippen molar-refractivity contribution in [3.63, 3.8) is 0 Å². The summed E-state index contributed by atoms with van der Waals surface area (Å²) in [5.41, 5.74) is 6.16. The zero-order valence-electron chi connectivity index (χ0n) is 21.3. The highest BCUT2D eigenvalue weighted by molar-refractivity contribution is 7.92. The molecular formula is C28H34N2O4S. The lowest BCUT2D eigenvalue weighted by molar-refractivity contribution is -0.123. The Morgan fingerprint density at radius 2 is 1.51 bits per heavy atom. The molecule has 3 aromatic rings. The molecule has 0 spiro atoms. The molecule has 1 amide bonds. The number of amides is 1. The van der Waals surface area contributed by atoms with Crippen molar-refractivity contribution in [3.05, 3.63) is 88.5 Å². The molecule has 0 heterocycles. The summed E-state index contributed by atoms with van der Waals surface area (Å²) in [5, 5.41) is 2.98. The van der Waals surface area contributed by atoms with Gasteiger partial charge >= 0.3 is 0 Å². The second-order valence-electron chi connectivity index (χ2n) is 8.85. The number of hydrogen-bond acceptors (Lipinski definition) is 4. The average molecular weight is 495 g/mol. The standard InChI is InChI=1S/C28H34N2O4S/c1-7-30(35(32,33)26-14-8-19(2)9-15-26)24-10-12-25(13-11-24)34-18-28(31)29-23(6)27-17-21(4)20(3)16-22(27)5/h8-17,23H,7,18H2,1-6H3,(H,29,31)/t23-/m1/s1. The third-order valence-corrected chi connectivity index (χ3v) is 8.03. The third kappa shape index (κ3) is 6.22. The minimum absolute atomic E-state index is 0.132. The van der Waals surface area contributed by atoms with E-state index in [2.05, 4.69) is 31.3 Å². The number of rotatable bonds is 9. The molecule has 0 aromatic heterocycles. The van der Waals surface area contributed by atoms with Gasteiger partial charge in [-0.25, -0.2) is 8.42 Å². The van der Waals surface area contributed by atoms with Crippen LogP contribution >= 0.6 is 0 Å². The van der Waals surface area contributed by atoms with Crippen molar-refractivity contribution >= 4 is 21.6 Å². The summed E-state index contributed by atoms with van der Waals surface area (Å²) < 4.78 is 33.2. The van der Waals surface area contributed by atoms with E-state index in [1.165, 1.54) is 15.4 Å². The highest BCUT2D eigenvalue weighted by atomic mass is 32.2. The maximum atomic E-state index is 13.1. The van der Waals surface area contributed by atoms with Crippen LogP contribution in [0.25, 0.3) is 0 Å². The van der Waals surface area contributed by atoms with Crippen LogP contribution < -0.4 is 14.4 Å². The number of benzene rings is 3. The second kappa shape index (κ2) is 11.0. The molecule has 1 N–H and O–H groups in total. The molecule has 0 saturated heterocycles. The molecule has 0 saturated carbocycles. The molecule has 186 valence electrons. The zero-order valence-corrected chi connectivity index (χ0v) is 22.1. The van der Waals surface area contributed by atoms with Crippen LogP contribution in [0.15, 0.2) is 65.6 Å². The highest BCUT2D eigenvalue weighted by Crippen LogP contribution is 2.26. The number of nitrogens with one attached hydrogen (secondary N) is 1. The zero-order chi connectivity index (χ0) is 25.8. The van der Waals surface area contributed by atoms with Gasteiger partial charge in [-0.15, -0.1) is 0 Å². The Hall–Kier alpha value is -3.32. The Morgan fingerprint density at radius 1 is 0.914 bits per heavy atom. The van der Waals surface area contributed by atoms with Crippen molar-refractivity contribution in [2.24, 2.45) is 0 Å². The van der Waals surface area contributed by atoms with Gasteiger partial charge in [0, 0.05) is 6.54 Å². The van der Waals surface area contributed by atoms with Crippen LogP contribution in [0.2, 0.25) is 0 Å². The Bertz CT molecular complexity index is 1280. The van der Waals surface area contributed by atoms with Gasteiger partial charge in [0.05, 0.1) is 16.6 Å². The minimum Gasteiger partial charge on any atom is -0.484 e. The summed E-state index contributed by atoms with van der Waals surface area (Å²) >= 11 is 0. The van der Waals surface area contributed by atoms with Gasteiger partial charge in [-0.05, 0) is 100 Å². The molecule has 6 nitrogen and oxygen atoms in total. The van der Waals surface area contributed by atoms with Crippen molar-refractivity contribution < 1.29 is 17.9 Å². The van der Waals surface area contributed by atoms with E-state index < -0.39 is 10.0 Å². The first kappa shape index (κ1) is 26.3. The maximum Gasteiger partial charge on any atom is 0.264 e. The van der Waals surface area contributed by atoms with E-state index in [1.807, 2.05) is 20.8 Å². The first-order chi connectivity index (χ1) is 16.5. The Labute approximate surface area is 209 Å². The molecule has 0 aliphatic rings. The van der Waals surface area contributed by atoms with Gasteiger partial charge in [0.15, 0.2) is 6.61 Å². The predicted molar refractivity (Wildman–Crippen MR) is 141 cm³/mol. The van der Waals surface area contributed by atoms with E-state index in [0.29, 0.717) is 11.4 Å². The number of aryl methyl sites for hydroxylation is 4. The van der Waals surface area contributed by atoms with E-state index in [4.69, 9.17) is 4.74 Å². The quantitative estimate of drug-likeness (QED) is 0.433. The van der Waals surface area contributed by atoms with Crippen molar-refractivity contribution in [2.75, 3.05) is 17.5 Å². The van der Waals surface area contributed by atoms with E-state index >= 15 is 0 Å². The molecular weight excluding hydrogens is 460 g/mol. The van der Waals surface area contributed by atoms with Crippen molar-refractivity contribution in [2.45, 2.75) is 52.5 Å². The molecule has 3 rings (SSSR count). The molecule has 35 heavy (non-hydrogen) atoms. The number of nitrogens with zero attached hydrogens (tertiary/aromatic N) is 1. The lowest BCUT2D eigenvalue weighted by Gasteiger charge is -2.23. The summed E-state index contributed by atoms with van der Waals surface area (Å²) in [6.07, 6.45) is 0. The SMILES string of the molecule is CCN(c1ccc(OCC(=O)N[C@H](C)c2cc(C)c(C)cc2C)cc1)S(=O)(=O)c1ccc(C)cc1. The van der Waals surface area contributed by atoms with Gasteiger partial charge in [0.1, 0.15) is 5.75 Å². The molecule has 7 heteroatoms. The average Bonchev–Trinajstić information content (AvgIpc) is 2.81. The van der Waals surface area contributed by atoms with Gasteiger partial charge in [-0.1, -0.05) is 29.8 Å². The fourth-order valence-corrected chi connectivity index (χ4v) is 5.47. The number of hydrogen-bond donors (Lipinski definition) is 1. The topological polar surface area (TPSA) is 75.7 Å². The molecule has 0 aliphatic carbocycles. The second-order valence-corrected chi connectivity index (χ2v) is 10.7. The van der Waals surface area contributed by atoms with Crippen LogP contribution in [0, 0.1) is 27.7 Å². The van der Waals surface area contributed by atoms with Gasteiger partial charge < -0.3 is 10.1 Å². The van der Waals surface area contributed by atoms with E-state index in [9.17, 15) is 13.2 Å². The van der Waals surface area contributed by atoms with Crippen LogP contribution in [0.4, 0.5) is 5.69 Å². The lowest BCUT2D eigenvalue weighted by Crippen LogP contribution is -2.31. The summed E-state index contributed by atoms with van der Waals surface area (Å²) in [7, 11) is -3.68. The number of sulfonamides is 1. The summed E-state index contributed by atoms with van der Waals surface area (Å²) in [6, 6.07) is 17.6. The molecule has 0 unspecified atom stereocenters. The van der Waals surface area contributed by atoms with E-state index in [1.54, 1.807) is 55.5 Å². The molecule has 0 bridgehead atoms. The summed E-state index contributed by atoms with van der Waals surface area (Å²) in [5.74, 6) is 0.263. The third-order valence-electron chi connectivity index (χ3n) is 6.12.